The van der Waals surface area contributed by atoms with Gasteiger partial charge in [-0.15, -0.1) is 0 Å². The topological polar surface area (TPSA) is 50.4 Å². The van der Waals surface area contributed by atoms with E-state index in [1.165, 1.54) is 12.1 Å². The second-order valence-electron chi connectivity index (χ2n) is 5.14. The normalized spacial score (nSPS) is 12.0. The molecular formula is C16H25FN2O2. The van der Waals surface area contributed by atoms with Gasteiger partial charge >= 0.3 is 0 Å². The number of ether oxygens (including phenoxy) is 1. The quantitative estimate of drug-likeness (QED) is 0.689. The van der Waals surface area contributed by atoms with Crippen molar-refractivity contribution in [1.29, 1.82) is 0 Å². The van der Waals surface area contributed by atoms with E-state index in [4.69, 9.17) is 4.74 Å². The van der Waals surface area contributed by atoms with Gasteiger partial charge in [0.25, 0.3) is 5.91 Å². The number of amides is 1. The Labute approximate surface area is 126 Å². The SMILES string of the molecule is CCCNCc1cc(F)cc(OCC(=O)NC(C)CC)c1. The molecule has 0 spiro atoms. The second-order valence-corrected chi connectivity index (χ2v) is 5.14. The second kappa shape index (κ2) is 9.34. The standard InChI is InChI=1S/C16H25FN2O2/c1-4-6-18-10-13-7-14(17)9-15(8-13)21-11-16(20)19-12(3)5-2/h7-9,12,18H,4-6,10-11H2,1-3H3,(H,19,20). The van der Waals surface area contributed by atoms with Gasteiger partial charge in [-0.2, -0.15) is 0 Å². The average Bonchev–Trinajstić information content (AvgIpc) is 2.45. The molecule has 21 heavy (non-hydrogen) atoms. The largest absolute Gasteiger partial charge is 0.484 e. The Morgan fingerprint density at radius 1 is 1.33 bits per heavy atom. The van der Waals surface area contributed by atoms with E-state index in [0.717, 1.165) is 24.9 Å². The third kappa shape index (κ3) is 7.09. The minimum absolute atomic E-state index is 0.102. The Morgan fingerprint density at radius 3 is 2.76 bits per heavy atom. The highest BCUT2D eigenvalue weighted by Gasteiger charge is 2.08. The molecular weight excluding hydrogens is 271 g/mol. The fraction of sp³-hybridized carbons (Fsp3) is 0.562. The fourth-order valence-corrected chi connectivity index (χ4v) is 1.78. The lowest BCUT2D eigenvalue weighted by molar-refractivity contribution is -0.123. The van der Waals surface area contributed by atoms with Crippen molar-refractivity contribution in [1.82, 2.24) is 10.6 Å². The van der Waals surface area contributed by atoms with E-state index < -0.39 is 0 Å². The summed E-state index contributed by atoms with van der Waals surface area (Å²) >= 11 is 0. The van der Waals surface area contributed by atoms with E-state index in [0.29, 0.717) is 12.3 Å². The van der Waals surface area contributed by atoms with Crippen molar-refractivity contribution in [2.75, 3.05) is 13.2 Å². The van der Waals surface area contributed by atoms with Crippen LogP contribution in [0.1, 0.15) is 39.2 Å². The van der Waals surface area contributed by atoms with Crippen LogP contribution in [0.3, 0.4) is 0 Å². The average molecular weight is 296 g/mol. The molecule has 118 valence electrons. The highest BCUT2D eigenvalue weighted by molar-refractivity contribution is 5.77. The van der Waals surface area contributed by atoms with E-state index in [1.54, 1.807) is 6.07 Å². The zero-order valence-corrected chi connectivity index (χ0v) is 13.0. The molecule has 0 saturated carbocycles. The van der Waals surface area contributed by atoms with Crippen LogP contribution in [0, 0.1) is 5.82 Å². The number of rotatable bonds is 9. The molecule has 0 aliphatic heterocycles. The Kier molecular flexibility index (Phi) is 7.75. The van der Waals surface area contributed by atoms with Crippen LogP contribution in [0.4, 0.5) is 4.39 Å². The molecule has 0 radical (unpaired) electrons. The molecule has 1 rings (SSSR count). The molecule has 0 saturated heterocycles. The van der Waals surface area contributed by atoms with Crippen molar-refractivity contribution in [2.45, 2.75) is 46.2 Å². The molecule has 1 amide bonds. The van der Waals surface area contributed by atoms with Gasteiger partial charge in [-0.1, -0.05) is 13.8 Å². The number of nitrogens with one attached hydrogen (secondary N) is 2. The maximum Gasteiger partial charge on any atom is 0.258 e. The molecule has 5 heteroatoms. The van der Waals surface area contributed by atoms with Crippen LogP contribution in [0.15, 0.2) is 18.2 Å². The lowest BCUT2D eigenvalue weighted by atomic mass is 10.2. The molecule has 2 N–H and O–H groups in total. The number of hydrogen-bond acceptors (Lipinski definition) is 3. The molecule has 4 nitrogen and oxygen atoms in total. The summed E-state index contributed by atoms with van der Waals surface area (Å²) in [6.07, 6.45) is 1.88. The Morgan fingerprint density at radius 2 is 2.10 bits per heavy atom. The van der Waals surface area contributed by atoms with Crippen LogP contribution in [0.5, 0.6) is 5.75 Å². The summed E-state index contributed by atoms with van der Waals surface area (Å²) in [6.45, 7) is 7.36. The molecule has 0 heterocycles. The van der Waals surface area contributed by atoms with Crippen molar-refractivity contribution in [3.8, 4) is 5.75 Å². The van der Waals surface area contributed by atoms with Crippen molar-refractivity contribution >= 4 is 5.91 Å². The monoisotopic (exact) mass is 296 g/mol. The van der Waals surface area contributed by atoms with Crippen molar-refractivity contribution in [3.63, 3.8) is 0 Å². The molecule has 0 bridgehead atoms. The fourth-order valence-electron chi connectivity index (χ4n) is 1.78. The van der Waals surface area contributed by atoms with Crippen molar-refractivity contribution in [2.24, 2.45) is 0 Å². The van der Waals surface area contributed by atoms with E-state index in [-0.39, 0.29) is 24.4 Å². The molecule has 1 aromatic carbocycles. The first-order valence-corrected chi connectivity index (χ1v) is 7.47. The third-order valence-electron chi connectivity index (χ3n) is 3.08. The van der Waals surface area contributed by atoms with E-state index >= 15 is 0 Å². The molecule has 1 unspecified atom stereocenters. The maximum atomic E-state index is 13.5. The number of hydrogen-bond donors (Lipinski definition) is 2. The zero-order valence-electron chi connectivity index (χ0n) is 13.0. The summed E-state index contributed by atoms with van der Waals surface area (Å²) in [7, 11) is 0. The van der Waals surface area contributed by atoms with Gasteiger partial charge in [-0.25, -0.2) is 4.39 Å². The van der Waals surface area contributed by atoms with E-state index in [9.17, 15) is 9.18 Å². The molecule has 1 aromatic rings. The molecule has 0 fully saturated rings. The van der Waals surface area contributed by atoms with Gasteiger partial charge < -0.3 is 15.4 Å². The summed E-state index contributed by atoms with van der Waals surface area (Å²) in [5, 5.41) is 6.00. The summed E-state index contributed by atoms with van der Waals surface area (Å²) in [4.78, 5) is 11.6. The summed E-state index contributed by atoms with van der Waals surface area (Å²) in [5.74, 6) is -0.176. The number of benzene rings is 1. The Bertz CT molecular complexity index is 452. The van der Waals surface area contributed by atoms with Gasteiger partial charge in [0.2, 0.25) is 0 Å². The smallest absolute Gasteiger partial charge is 0.258 e. The van der Waals surface area contributed by atoms with Gasteiger partial charge in [-0.3, -0.25) is 4.79 Å². The third-order valence-corrected chi connectivity index (χ3v) is 3.08. The van der Waals surface area contributed by atoms with Gasteiger partial charge in [0.1, 0.15) is 11.6 Å². The predicted octanol–water partition coefficient (Wildman–Crippen LogP) is 2.62. The van der Waals surface area contributed by atoms with Crippen LogP contribution in [-0.4, -0.2) is 25.1 Å². The first-order valence-electron chi connectivity index (χ1n) is 7.47. The van der Waals surface area contributed by atoms with Gasteiger partial charge in [0, 0.05) is 18.7 Å². The molecule has 1 atom stereocenters. The molecule has 0 aromatic heterocycles. The first kappa shape index (κ1) is 17.4. The maximum absolute atomic E-state index is 13.5. The van der Waals surface area contributed by atoms with Crippen LogP contribution in [0.25, 0.3) is 0 Å². The van der Waals surface area contributed by atoms with Crippen LogP contribution in [0.2, 0.25) is 0 Å². The van der Waals surface area contributed by atoms with Gasteiger partial charge in [-0.05, 0) is 44.0 Å². The van der Waals surface area contributed by atoms with E-state index in [2.05, 4.69) is 17.6 Å². The number of carbonyl (C=O) groups is 1. The number of halogens is 1. The summed E-state index contributed by atoms with van der Waals surface area (Å²) in [6, 6.07) is 4.62. The zero-order chi connectivity index (χ0) is 15.7. The molecule has 0 aliphatic carbocycles. The van der Waals surface area contributed by atoms with Crippen molar-refractivity contribution in [3.05, 3.63) is 29.6 Å². The van der Waals surface area contributed by atoms with Gasteiger partial charge in [0.05, 0.1) is 0 Å². The van der Waals surface area contributed by atoms with Crippen LogP contribution < -0.4 is 15.4 Å². The Balaban J connectivity index is 2.52. The lowest BCUT2D eigenvalue weighted by Gasteiger charge is -2.13. The number of carbonyl (C=O) groups excluding carboxylic acids is 1. The summed E-state index contributed by atoms with van der Waals surface area (Å²) < 4.78 is 18.9. The highest BCUT2D eigenvalue weighted by atomic mass is 19.1. The minimum atomic E-state index is -0.358. The van der Waals surface area contributed by atoms with Crippen molar-refractivity contribution < 1.29 is 13.9 Å². The lowest BCUT2D eigenvalue weighted by Crippen LogP contribution is -2.35. The van der Waals surface area contributed by atoms with Crippen LogP contribution in [-0.2, 0) is 11.3 Å². The minimum Gasteiger partial charge on any atom is -0.484 e. The van der Waals surface area contributed by atoms with E-state index in [1.807, 2.05) is 13.8 Å². The van der Waals surface area contributed by atoms with Gasteiger partial charge in [0.15, 0.2) is 6.61 Å². The highest BCUT2D eigenvalue weighted by Crippen LogP contribution is 2.16. The molecule has 0 aliphatic rings. The predicted molar refractivity (Wildman–Crippen MR) is 81.8 cm³/mol. The Hall–Kier alpha value is -1.62. The van der Waals surface area contributed by atoms with Crippen LogP contribution >= 0.6 is 0 Å². The first-order chi connectivity index (χ1) is 10.0. The summed E-state index contributed by atoms with van der Waals surface area (Å²) in [5.41, 5.74) is 0.806.